The molecule has 4 aliphatic heterocycles. The minimum atomic E-state index is -1.62. The highest BCUT2D eigenvalue weighted by molar-refractivity contribution is 8.00. The number of amides is 3. The molecule has 4 N–H and O–H groups in total. The van der Waals surface area contributed by atoms with Crippen molar-refractivity contribution in [3.63, 3.8) is 0 Å². The number of nitrogens with one attached hydrogen (secondary N) is 1. The van der Waals surface area contributed by atoms with Crippen LogP contribution >= 0.6 is 23.3 Å². The van der Waals surface area contributed by atoms with Gasteiger partial charge >= 0.3 is 11.9 Å². The van der Waals surface area contributed by atoms with Gasteiger partial charge in [-0.3, -0.25) is 24.2 Å². The molecule has 18 heteroatoms. The van der Waals surface area contributed by atoms with Gasteiger partial charge in [-0.1, -0.05) is 6.58 Å². The summed E-state index contributed by atoms with van der Waals surface area (Å²) in [6.07, 6.45) is 2.68. The molecule has 3 saturated heterocycles. The number of carboxylic acids is 1. The van der Waals surface area contributed by atoms with Crippen LogP contribution in [-0.2, 0) is 28.7 Å². The van der Waals surface area contributed by atoms with Crippen molar-refractivity contribution < 1.29 is 33.8 Å². The monoisotopic (exact) mass is 646 g/mol. The van der Waals surface area contributed by atoms with Gasteiger partial charge in [0.25, 0.3) is 11.8 Å². The predicted molar refractivity (Wildman–Crippen MR) is 158 cm³/mol. The molecule has 5 rings (SSSR count). The van der Waals surface area contributed by atoms with E-state index in [2.05, 4.69) is 26.4 Å². The summed E-state index contributed by atoms with van der Waals surface area (Å²) < 4.78 is 8.82. The molecule has 0 spiro atoms. The van der Waals surface area contributed by atoms with Crippen LogP contribution in [0, 0.1) is 4.91 Å². The summed E-state index contributed by atoms with van der Waals surface area (Å²) in [7, 11) is 0. The van der Waals surface area contributed by atoms with E-state index in [1.54, 1.807) is 17.9 Å². The lowest BCUT2D eigenvalue weighted by atomic mass is 10.0. The molecule has 44 heavy (non-hydrogen) atoms. The Labute approximate surface area is 259 Å². The average molecular weight is 647 g/mol. The van der Waals surface area contributed by atoms with E-state index in [0.717, 1.165) is 22.9 Å². The normalized spacial score (nSPS) is 25.1. The number of carboxylic acid groups (broad SMARTS) is 1. The SMILES string of the molecule is C=C(CN1CC[C@@H](N2CCC(=CC3=C(C(=O)O)N4C(=O)[C@@H](NC(=O)C(N=O)c5nsc(N)n5)[C@H]4SC3)C2=O)C1)C(=O)OCC. The number of carbonyl (C=O) groups is 5. The van der Waals surface area contributed by atoms with Gasteiger partial charge in [-0.05, 0) is 36.6 Å². The van der Waals surface area contributed by atoms with Gasteiger partial charge in [0.15, 0.2) is 11.0 Å². The number of aliphatic carboxylic acids is 1. The highest BCUT2D eigenvalue weighted by Gasteiger charge is 2.54. The van der Waals surface area contributed by atoms with Crippen molar-refractivity contribution in [2.75, 3.05) is 44.3 Å². The van der Waals surface area contributed by atoms with Crippen molar-refractivity contribution in [3.8, 4) is 0 Å². The van der Waals surface area contributed by atoms with E-state index < -0.39 is 41.2 Å². The molecular formula is C26H30N8O8S2. The lowest BCUT2D eigenvalue weighted by Crippen LogP contribution is -2.70. The highest BCUT2D eigenvalue weighted by atomic mass is 32.2. The van der Waals surface area contributed by atoms with Crippen LogP contribution in [0.2, 0.25) is 0 Å². The van der Waals surface area contributed by atoms with Crippen LogP contribution in [0.4, 0.5) is 5.13 Å². The number of esters is 1. The van der Waals surface area contributed by atoms with Crippen molar-refractivity contribution in [2.45, 2.75) is 43.3 Å². The second-order valence-electron chi connectivity index (χ2n) is 10.5. The lowest BCUT2D eigenvalue weighted by Gasteiger charge is -2.49. The zero-order valence-corrected chi connectivity index (χ0v) is 25.3. The lowest BCUT2D eigenvalue weighted by molar-refractivity contribution is -0.150. The number of hydrogen-bond donors (Lipinski definition) is 3. The first-order valence-electron chi connectivity index (χ1n) is 13.8. The maximum atomic E-state index is 13.4. The molecule has 1 aromatic rings. The predicted octanol–water partition coefficient (Wildman–Crippen LogP) is 0.0187. The summed E-state index contributed by atoms with van der Waals surface area (Å²) in [6.45, 7) is 7.87. The third kappa shape index (κ3) is 5.96. The molecule has 0 aliphatic carbocycles. The summed E-state index contributed by atoms with van der Waals surface area (Å²) in [4.78, 5) is 83.4. The van der Waals surface area contributed by atoms with E-state index in [-0.39, 0.29) is 41.0 Å². The Bertz CT molecular complexity index is 1490. The smallest absolute Gasteiger partial charge is 0.352 e. The number of ether oxygens (including phenoxy) is 1. The minimum absolute atomic E-state index is 0.0412. The number of β-lactam (4-membered cyclic amide) rings is 1. The van der Waals surface area contributed by atoms with Crippen LogP contribution < -0.4 is 11.1 Å². The number of nitrogens with zero attached hydrogens (tertiary/aromatic N) is 6. The van der Waals surface area contributed by atoms with Gasteiger partial charge < -0.3 is 25.8 Å². The molecule has 3 fully saturated rings. The number of allylic oxidation sites excluding steroid dienone is 1. The van der Waals surface area contributed by atoms with Crippen LogP contribution in [0.25, 0.3) is 0 Å². The summed E-state index contributed by atoms with van der Waals surface area (Å²) in [5, 5.41) is 14.6. The van der Waals surface area contributed by atoms with Gasteiger partial charge in [0.1, 0.15) is 17.1 Å². The van der Waals surface area contributed by atoms with Gasteiger partial charge in [0.05, 0.1) is 6.61 Å². The standard InChI is InChI=1S/C26H30N8O8S2/c1-3-42-25(40)12(2)9-32-6-5-15(10-32)33-7-4-13(21(33)36)8-14-11-43-23-17(22(37)34(23)18(14)24(38)39)28-20(35)16(30-41)19-29-26(27)44-31-19/h8,15-17,23H,2-7,9-11H2,1H3,(H,28,35)(H,38,39)(H2,27,29,31)/t15-,16?,17-,23-/m1/s1. The van der Waals surface area contributed by atoms with Crippen molar-refractivity contribution in [3.05, 3.63) is 45.8 Å². The second-order valence-corrected chi connectivity index (χ2v) is 12.4. The van der Waals surface area contributed by atoms with E-state index in [1.807, 2.05) is 4.90 Å². The summed E-state index contributed by atoms with van der Waals surface area (Å²) >= 11 is 2.01. The molecular weight excluding hydrogens is 616 g/mol. The van der Waals surface area contributed by atoms with Crippen LogP contribution in [0.3, 0.4) is 0 Å². The number of fused-ring (bicyclic) bond motifs is 1. The first-order valence-corrected chi connectivity index (χ1v) is 15.6. The van der Waals surface area contributed by atoms with E-state index in [9.17, 15) is 34.0 Å². The van der Waals surface area contributed by atoms with E-state index in [0.29, 0.717) is 49.3 Å². The third-order valence-electron chi connectivity index (χ3n) is 7.73. The van der Waals surface area contributed by atoms with Crippen LogP contribution in [0.5, 0.6) is 0 Å². The number of nitroso groups, excluding NO2 is 1. The Morgan fingerprint density at radius 3 is 2.75 bits per heavy atom. The summed E-state index contributed by atoms with van der Waals surface area (Å²) in [5.74, 6) is -3.58. The molecule has 4 atom stereocenters. The fourth-order valence-corrected chi connectivity index (χ4v) is 7.43. The van der Waals surface area contributed by atoms with Crippen LogP contribution in [0.1, 0.15) is 31.6 Å². The highest BCUT2D eigenvalue weighted by Crippen LogP contribution is 2.41. The first kappa shape index (κ1) is 31.3. The zero-order chi connectivity index (χ0) is 31.7. The number of rotatable bonds is 11. The molecule has 5 heterocycles. The van der Waals surface area contributed by atoms with Gasteiger partial charge in [-0.25, -0.2) is 14.6 Å². The van der Waals surface area contributed by atoms with Crippen LogP contribution in [-0.4, -0.2) is 115 Å². The largest absolute Gasteiger partial charge is 0.477 e. The van der Waals surface area contributed by atoms with E-state index in [4.69, 9.17) is 10.5 Å². The number of thioether (sulfide) groups is 1. The van der Waals surface area contributed by atoms with Gasteiger partial charge in [-0.2, -0.15) is 4.37 Å². The Hall–Kier alpha value is -4.16. The Morgan fingerprint density at radius 2 is 2.09 bits per heavy atom. The van der Waals surface area contributed by atoms with Crippen molar-refractivity contribution in [2.24, 2.45) is 5.18 Å². The van der Waals surface area contributed by atoms with Crippen molar-refractivity contribution >= 4 is 58.1 Å². The number of anilines is 1. The van der Waals surface area contributed by atoms with Crippen molar-refractivity contribution in [1.82, 2.24) is 29.4 Å². The fourth-order valence-electron chi connectivity index (χ4n) is 5.66. The Morgan fingerprint density at radius 1 is 1.32 bits per heavy atom. The van der Waals surface area contributed by atoms with Crippen LogP contribution in [0.15, 0.2) is 40.2 Å². The van der Waals surface area contributed by atoms with E-state index in [1.165, 1.54) is 11.8 Å². The molecule has 0 bridgehead atoms. The molecule has 4 aliphatic rings. The van der Waals surface area contributed by atoms with Gasteiger partial charge in [0, 0.05) is 60.7 Å². The number of likely N-dealkylation sites (tertiary alicyclic amines) is 2. The van der Waals surface area contributed by atoms with Crippen molar-refractivity contribution in [1.29, 1.82) is 0 Å². The Kier molecular flexibility index (Phi) is 9.12. The van der Waals surface area contributed by atoms with Gasteiger partial charge in [-0.15, -0.1) is 16.7 Å². The summed E-state index contributed by atoms with van der Waals surface area (Å²) in [5.41, 5.74) is 6.37. The number of nitrogen functional groups attached to an aromatic ring is 1. The molecule has 0 aromatic carbocycles. The third-order valence-corrected chi connectivity index (χ3v) is 9.59. The molecule has 16 nitrogen and oxygen atoms in total. The molecule has 1 aromatic heterocycles. The molecule has 234 valence electrons. The van der Waals surface area contributed by atoms with Gasteiger partial charge in [0.2, 0.25) is 11.9 Å². The maximum Gasteiger partial charge on any atom is 0.352 e. The number of aromatic nitrogens is 2. The quantitative estimate of drug-likeness (QED) is 0.125. The fraction of sp³-hybridized carbons (Fsp3) is 0.500. The maximum absolute atomic E-state index is 13.4. The molecule has 0 saturated carbocycles. The molecule has 3 amide bonds. The Balaban J connectivity index is 1.24. The number of hydrogen-bond acceptors (Lipinski definition) is 14. The summed E-state index contributed by atoms with van der Waals surface area (Å²) in [6, 6.07) is -2.78. The minimum Gasteiger partial charge on any atom is -0.477 e. The molecule has 0 radical (unpaired) electrons. The second kappa shape index (κ2) is 12.8. The topological polar surface area (TPSA) is 218 Å². The number of carbonyl (C=O) groups excluding carboxylic acids is 4. The zero-order valence-electron chi connectivity index (χ0n) is 23.6. The first-order chi connectivity index (χ1) is 21.0. The molecule has 1 unspecified atom stereocenters. The number of nitrogens with two attached hydrogens (primary N) is 1. The van der Waals surface area contributed by atoms with E-state index >= 15 is 0 Å². The average Bonchev–Trinajstić information content (AvgIpc) is 3.72.